The number of anilines is 1. The number of hydrogen-bond donors (Lipinski definition) is 1. The van der Waals surface area contributed by atoms with Gasteiger partial charge in [0.05, 0.1) is 0 Å². The minimum Gasteiger partial charge on any atom is -0.364 e. The lowest BCUT2D eigenvalue weighted by Crippen LogP contribution is -2.37. The van der Waals surface area contributed by atoms with E-state index in [2.05, 4.69) is 62.0 Å². The molecule has 2 aromatic heterocycles. The highest BCUT2D eigenvalue weighted by molar-refractivity contribution is 5.43. The summed E-state index contributed by atoms with van der Waals surface area (Å²) in [6.45, 7) is 5.28. The lowest BCUT2D eigenvalue weighted by Gasteiger charge is -2.33. The highest BCUT2D eigenvalue weighted by Crippen LogP contribution is 2.21. The molecule has 3 heterocycles. The minimum atomic E-state index is 0.644. The number of fused-ring (bicyclic) bond motifs is 1. The molecule has 0 saturated carbocycles. The first kappa shape index (κ1) is 16.0. The van der Waals surface area contributed by atoms with E-state index in [0.29, 0.717) is 11.7 Å². The third kappa shape index (κ3) is 3.61. The van der Waals surface area contributed by atoms with Crippen LogP contribution in [0.15, 0.2) is 36.4 Å². The molecule has 3 aromatic rings. The molecule has 0 aliphatic carbocycles. The van der Waals surface area contributed by atoms with Crippen LogP contribution in [0.4, 0.5) is 5.82 Å². The number of hydrogen-bond acceptors (Lipinski definition) is 6. The Morgan fingerprint density at radius 1 is 1.12 bits per heavy atom. The maximum absolute atomic E-state index is 4.37. The quantitative estimate of drug-likeness (QED) is 0.771. The van der Waals surface area contributed by atoms with Gasteiger partial charge in [0.25, 0.3) is 0 Å². The molecular weight excluding hydrogens is 314 g/mol. The monoisotopic (exact) mass is 337 g/mol. The molecule has 7 heteroatoms. The molecule has 0 spiro atoms. The van der Waals surface area contributed by atoms with Crippen molar-refractivity contribution in [1.29, 1.82) is 0 Å². The summed E-state index contributed by atoms with van der Waals surface area (Å²) in [6.07, 6.45) is 3.96. The standard InChI is InChI=1S/C18H23N7/c1-14-6-4-5-11-24(14)13-16-8-3-2-7-15(16)12-19-17-9-10-18-20-22-23-25(18)21-17/h2-3,7-10,14H,4-6,11-13H2,1H3,(H,19,21)/t14-/m0/s1. The zero-order chi connectivity index (χ0) is 17.1. The van der Waals surface area contributed by atoms with Gasteiger partial charge in [0, 0.05) is 19.1 Å². The highest BCUT2D eigenvalue weighted by atomic mass is 15.6. The van der Waals surface area contributed by atoms with Crippen LogP contribution < -0.4 is 5.32 Å². The molecule has 1 saturated heterocycles. The average molecular weight is 337 g/mol. The minimum absolute atomic E-state index is 0.644. The summed E-state index contributed by atoms with van der Waals surface area (Å²) in [5.41, 5.74) is 3.33. The fraction of sp³-hybridized carbons (Fsp3) is 0.444. The molecule has 1 aliphatic rings. The Kier molecular flexibility index (Phi) is 4.56. The highest BCUT2D eigenvalue weighted by Gasteiger charge is 2.19. The van der Waals surface area contributed by atoms with Crippen molar-refractivity contribution in [2.45, 2.75) is 45.3 Å². The van der Waals surface area contributed by atoms with E-state index in [-0.39, 0.29) is 0 Å². The van der Waals surface area contributed by atoms with Crippen molar-refractivity contribution in [1.82, 2.24) is 30.2 Å². The number of benzene rings is 1. The number of rotatable bonds is 5. The van der Waals surface area contributed by atoms with Crippen LogP contribution in [0.3, 0.4) is 0 Å². The molecule has 1 atom stereocenters. The lowest BCUT2D eigenvalue weighted by molar-refractivity contribution is 0.152. The van der Waals surface area contributed by atoms with E-state index in [4.69, 9.17) is 0 Å². The Balaban J connectivity index is 1.46. The van der Waals surface area contributed by atoms with E-state index in [1.807, 2.05) is 12.1 Å². The fourth-order valence-corrected chi connectivity index (χ4v) is 3.43. The summed E-state index contributed by atoms with van der Waals surface area (Å²) in [7, 11) is 0. The Hall–Kier alpha value is -2.54. The van der Waals surface area contributed by atoms with Crippen LogP contribution in [-0.4, -0.2) is 42.7 Å². The number of aromatic nitrogens is 5. The molecule has 7 nitrogen and oxygen atoms in total. The van der Waals surface area contributed by atoms with Gasteiger partial charge < -0.3 is 5.32 Å². The van der Waals surface area contributed by atoms with E-state index in [1.54, 1.807) is 0 Å². The van der Waals surface area contributed by atoms with Gasteiger partial charge in [-0.2, -0.15) is 0 Å². The predicted octanol–water partition coefficient (Wildman–Crippen LogP) is 2.51. The van der Waals surface area contributed by atoms with Gasteiger partial charge in [-0.1, -0.05) is 30.7 Å². The molecule has 130 valence electrons. The summed E-state index contributed by atoms with van der Waals surface area (Å²) in [4.78, 5) is 2.59. The normalized spacial score (nSPS) is 18.5. The summed E-state index contributed by atoms with van der Waals surface area (Å²) in [5.74, 6) is 0.765. The molecule has 1 N–H and O–H groups in total. The predicted molar refractivity (Wildman–Crippen MR) is 96.1 cm³/mol. The zero-order valence-electron chi connectivity index (χ0n) is 14.5. The van der Waals surface area contributed by atoms with Gasteiger partial charge in [-0.05, 0) is 60.0 Å². The number of likely N-dealkylation sites (tertiary alicyclic amines) is 1. The summed E-state index contributed by atoms with van der Waals surface area (Å²) < 4.78 is 1.43. The van der Waals surface area contributed by atoms with Crippen molar-refractivity contribution in [2.75, 3.05) is 11.9 Å². The summed E-state index contributed by atoms with van der Waals surface area (Å²) in [5, 5.41) is 19.1. The summed E-state index contributed by atoms with van der Waals surface area (Å²) in [6, 6.07) is 13.1. The van der Waals surface area contributed by atoms with Crippen LogP contribution in [-0.2, 0) is 13.1 Å². The first-order valence-corrected chi connectivity index (χ1v) is 8.90. The topological polar surface area (TPSA) is 71.2 Å². The molecule has 0 amide bonds. The van der Waals surface area contributed by atoms with Gasteiger partial charge in [-0.15, -0.1) is 14.8 Å². The van der Waals surface area contributed by atoms with Gasteiger partial charge in [0.1, 0.15) is 5.82 Å². The SMILES string of the molecule is C[C@H]1CCCCN1Cc1ccccc1CNc1ccc2nnnn2n1. The van der Waals surface area contributed by atoms with Gasteiger partial charge in [-0.3, -0.25) is 4.90 Å². The van der Waals surface area contributed by atoms with Crippen LogP contribution in [0.2, 0.25) is 0 Å². The molecule has 25 heavy (non-hydrogen) atoms. The Morgan fingerprint density at radius 2 is 2.00 bits per heavy atom. The Bertz CT molecular complexity index is 844. The summed E-state index contributed by atoms with van der Waals surface area (Å²) >= 11 is 0. The second kappa shape index (κ2) is 7.14. The molecule has 0 bridgehead atoms. The lowest BCUT2D eigenvalue weighted by atomic mass is 10.0. The fourth-order valence-electron chi connectivity index (χ4n) is 3.43. The van der Waals surface area contributed by atoms with E-state index in [0.717, 1.165) is 18.9 Å². The maximum Gasteiger partial charge on any atom is 0.200 e. The van der Waals surface area contributed by atoms with Crippen LogP contribution in [0.25, 0.3) is 5.65 Å². The maximum atomic E-state index is 4.37. The molecule has 1 fully saturated rings. The second-order valence-corrected chi connectivity index (χ2v) is 6.68. The van der Waals surface area contributed by atoms with Crippen molar-refractivity contribution in [3.05, 3.63) is 47.5 Å². The van der Waals surface area contributed by atoms with Gasteiger partial charge in [0.15, 0.2) is 5.65 Å². The molecule has 0 unspecified atom stereocenters. The molecular formula is C18H23N7. The number of piperidine rings is 1. The molecule has 1 aromatic carbocycles. The Morgan fingerprint density at radius 3 is 2.88 bits per heavy atom. The zero-order valence-corrected chi connectivity index (χ0v) is 14.5. The number of nitrogens with one attached hydrogen (secondary N) is 1. The van der Waals surface area contributed by atoms with Crippen LogP contribution in [0, 0.1) is 0 Å². The van der Waals surface area contributed by atoms with E-state index in [1.165, 1.54) is 41.6 Å². The van der Waals surface area contributed by atoms with Crippen molar-refractivity contribution in [2.24, 2.45) is 0 Å². The van der Waals surface area contributed by atoms with E-state index in [9.17, 15) is 0 Å². The smallest absolute Gasteiger partial charge is 0.200 e. The largest absolute Gasteiger partial charge is 0.364 e. The second-order valence-electron chi connectivity index (χ2n) is 6.68. The van der Waals surface area contributed by atoms with Crippen molar-refractivity contribution >= 4 is 11.5 Å². The van der Waals surface area contributed by atoms with Gasteiger partial charge in [-0.25, -0.2) is 0 Å². The molecule has 4 rings (SSSR count). The van der Waals surface area contributed by atoms with Crippen LogP contribution in [0.5, 0.6) is 0 Å². The first-order valence-electron chi connectivity index (χ1n) is 8.90. The third-order valence-corrected chi connectivity index (χ3v) is 4.96. The number of tetrazole rings is 1. The number of nitrogens with zero attached hydrogens (tertiary/aromatic N) is 6. The molecule has 1 aliphatic heterocycles. The molecule has 0 radical (unpaired) electrons. The van der Waals surface area contributed by atoms with E-state index < -0.39 is 0 Å². The first-order chi connectivity index (χ1) is 12.3. The van der Waals surface area contributed by atoms with Crippen molar-refractivity contribution in [3.8, 4) is 0 Å². The average Bonchev–Trinajstić information content (AvgIpc) is 3.11. The van der Waals surface area contributed by atoms with Crippen LogP contribution in [0.1, 0.15) is 37.3 Å². The Labute approximate surface area is 147 Å². The van der Waals surface area contributed by atoms with Crippen LogP contribution >= 0.6 is 0 Å². The third-order valence-electron chi connectivity index (χ3n) is 4.96. The van der Waals surface area contributed by atoms with E-state index >= 15 is 0 Å². The van der Waals surface area contributed by atoms with Crippen molar-refractivity contribution < 1.29 is 0 Å². The van der Waals surface area contributed by atoms with Crippen molar-refractivity contribution in [3.63, 3.8) is 0 Å². The van der Waals surface area contributed by atoms with Gasteiger partial charge >= 0.3 is 0 Å². The van der Waals surface area contributed by atoms with Gasteiger partial charge in [0.2, 0.25) is 0 Å².